The molecule has 32 heavy (non-hydrogen) atoms. The molecule has 3 rings (SSSR count). The molecule has 2 aromatic carbocycles. The van der Waals surface area contributed by atoms with E-state index < -0.39 is 0 Å². The predicted octanol–water partition coefficient (Wildman–Crippen LogP) is 6.15. The van der Waals surface area contributed by atoms with E-state index in [4.69, 9.17) is 21.1 Å². The zero-order chi connectivity index (χ0) is 23.3. The van der Waals surface area contributed by atoms with Crippen LogP contribution < -0.4 is 14.8 Å². The fraction of sp³-hybridized carbons (Fsp3) is 0.318. The van der Waals surface area contributed by atoms with Gasteiger partial charge in [-0.3, -0.25) is 4.79 Å². The Balaban J connectivity index is 1.68. The number of hydrogen-bond donors (Lipinski definition) is 1. The van der Waals surface area contributed by atoms with Gasteiger partial charge in [-0.05, 0) is 67.0 Å². The number of nitrogens with one attached hydrogen (secondary N) is 1. The molecule has 1 aromatic heterocycles. The van der Waals surface area contributed by atoms with E-state index in [0.717, 1.165) is 4.47 Å². The van der Waals surface area contributed by atoms with E-state index in [-0.39, 0.29) is 23.8 Å². The van der Waals surface area contributed by atoms with Gasteiger partial charge in [-0.1, -0.05) is 29.4 Å². The number of benzene rings is 2. The lowest BCUT2D eigenvalue weighted by Gasteiger charge is -2.19. The third kappa shape index (κ3) is 6.17. The topological polar surface area (TPSA) is 78.3 Å². The lowest BCUT2D eigenvalue weighted by Crippen LogP contribution is -2.16. The normalized spacial score (nSPS) is 12.0. The zero-order valence-electron chi connectivity index (χ0n) is 18.1. The van der Waals surface area contributed by atoms with Crippen molar-refractivity contribution in [2.75, 3.05) is 18.2 Å². The minimum absolute atomic E-state index is 0.0900. The van der Waals surface area contributed by atoms with E-state index in [0.29, 0.717) is 33.2 Å². The van der Waals surface area contributed by atoms with E-state index in [1.807, 2.05) is 49.6 Å². The Hall–Kier alpha value is -2.23. The van der Waals surface area contributed by atoms with E-state index in [1.54, 1.807) is 25.3 Å². The average Bonchev–Trinajstić information content (AvgIpc) is 3.19. The molecule has 170 valence electrons. The largest absolute Gasteiger partial charge is 0.497 e. The Morgan fingerprint density at radius 3 is 2.62 bits per heavy atom. The smallest absolute Gasteiger partial charge is 0.234 e. The average molecular weight is 540 g/mol. The number of hydrogen-bond acceptors (Lipinski definition) is 6. The molecular formula is C22H24BrClN4O3S. The van der Waals surface area contributed by atoms with Crippen LogP contribution in [0.25, 0.3) is 0 Å². The molecule has 0 saturated heterocycles. The molecule has 1 atom stereocenters. The number of nitrogens with zero attached hydrogens (tertiary/aromatic N) is 3. The second-order valence-electron chi connectivity index (χ2n) is 7.21. The number of ether oxygens (including phenoxy) is 2. The van der Waals surface area contributed by atoms with Crippen LogP contribution in [0.4, 0.5) is 5.69 Å². The Kier molecular flexibility index (Phi) is 8.44. The van der Waals surface area contributed by atoms with Gasteiger partial charge in [0.05, 0.1) is 17.9 Å². The van der Waals surface area contributed by atoms with Crippen molar-refractivity contribution in [3.63, 3.8) is 0 Å². The lowest BCUT2D eigenvalue weighted by molar-refractivity contribution is -0.113. The summed E-state index contributed by atoms with van der Waals surface area (Å²) in [5, 5.41) is 12.7. The van der Waals surface area contributed by atoms with Gasteiger partial charge in [-0.25, -0.2) is 0 Å². The predicted molar refractivity (Wildman–Crippen MR) is 131 cm³/mol. The van der Waals surface area contributed by atoms with Gasteiger partial charge >= 0.3 is 0 Å². The summed E-state index contributed by atoms with van der Waals surface area (Å²) in [7, 11) is 1.61. The number of methoxy groups -OCH3 is 1. The summed E-state index contributed by atoms with van der Waals surface area (Å²) in [5.41, 5.74) is 0.634. The highest BCUT2D eigenvalue weighted by atomic mass is 79.9. The molecule has 0 spiro atoms. The van der Waals surface area contributed by atoms with Gasteiger partial charge in [0.15, 0.2) is 17.1 Å². The number of carbonyl (C=O) groups is 1. The first kappa shape index (κ1) is 24.4. The minimum Gasteiger partial charge on any atom is -0.497 e. The number of anilines is 1. The summed E-state index contributed by atoms with van der Waals surface area (Å²) in [4.78, 5) is 12.4. The van der Waals surface area contributed by atoms with Crippen LogP contribution in [0.3, 0.4) is 0 Å². The molecule has 7 nitrogen and oxygen atoms in total. The lowest BCUT2D eigenvalue weighted by atomic mass is 10.3. The summed E-state index contributed by atoms with van der Waals surface area (Å²) in [6, 6.07) is 12.8. The Morgan fingerprint density at radius 1 is 1.19 bits per heavy atom. The SMILES string of the molecule is COc1cccc(OC(C)c2nnc(SCC(=O)Nc3ccc(Br)c(Cl)c3)n2C(C)C)c1. The molecule has 1 N–H and O–H groups in total. The van der Waals surface area contributed by atoms with Gasteiger partial charge in [0.2, 0.25) is 5.91 Å². The van der Waals surface area contributed by atoms with Gasteiger partial charge in [0, 0.05) is 22.3 Å². The summed E-state index contributed by atoms with van der Waals surface area (Å²) < 4.78 is 14.1. The number of rotatable bonds is 9. The van der Waals surface area contributed by atoms with Crippen molar-refractivity contribution in [1.82, 2.24) is 14.8 Å². The molecule has 3 aromatic rings. The summed E-state index contributed by atoms with van der Waals surface area (Å²) in [6.45, 7) is 6.00. The van der Waals surface area contributed by atoms with Crippen LogP contribution in [0.5, 0.6) is 11.5 Å². The van der Waals surface area contributed by atoms with Crippen LogP contribution in [0.1, 0.15) is 38.7 Å². The fourth-order valence-electron chi connectivity index (χ4n) is 2.98. The van der Waals surface area contributed by atoms with Crippen LogP contribution in [0.15, 0.2) is 52.1 Å². The first-order chi connectivity index (χ1) is 15.3. The maximum Gasteiger partial charge on any atom is 0.234 e. The first-order valence-corrected chi connectivity index (χ1v) is 12.1. The van der Waals surface area contributed by atoms with Crippen molar-refractivity contribution in [2.24, 2.45) is 0 Å². The first-order valence-electron chi connectivity index (χ1n) is 9.91. The number of carbonyl (C=O) groups excluding carboxylic acids is 1. The van der Waals surface area contributed by atoms with Gasteiger partial charge < -0.3 is 19.4 Å². The zero-order valence-corrected chi connectivity index (χ0v) is 21.3. The molecule has 1 amide bonds. The molecule has 0 aliphatic rings. The monoisotopic (exact) mass is 538 g/mol. The maximum absolute atomic E-state index is 12.4. The van der Waals surface area contributed by atoms with Gasteiger partial charge in [-0.2, -0.15) is 0 Å². The standard InChI is InChI=1S/C22H24BrClN4O3S/c1-13(2)28-21(14(3)31-17-7-5-6-16(11-17)30-4)26-27-22(28)32-12-20(29)25-15-8-9-18(23)19(24)10-15/h5-11,13-14H,12H2,1-4H3,(H,25,29). The number of thioether (sulfide) groups is 1. The minimum atomic E-state index is -0.343. The number of halogens is 2. The van der Waals surface area contributed by atoms with Crippen LogP contribution in [0.2, 0.25) is 5.02 Å². The molecule has 0 aliphatic heterocycles. The summed E-state index contributed by atoms with van der Waals surface area (Å²) >= 11 is 10.7. The third-order valence-corrected chi connectivity index (χ3v) is 6.64. The molecule has 0 radical (unpaired) electrons. The highest BCUT2D eigenvalue weighted by Crippen LogP contribution is 2.29. The van der Waals surface area contributed by atoms with Crippen molar-refractivity contribution in [1.29, 1.82) is 0 Å². The molecule has 10 heteroatoms. The van der Waals surface area contributed by atoms with Crippen molar-refractivity contribution in [3.05, 3.63) is 57.8 Å². The molecule has 0 aliphatic carbocycles. The van der Waals surface area contributed by atoms with E-state index in [2.05, 4.69) is 31.4 Å². The van der Waals surface area contributed by atoms with E-state index >= 15 is 0 Å². The Morgan fingerprint density at radius 2 is 1.94 bits per heavy atom. The Labute approximate surface area is 205 Å². The number of aromatic nitrogens is 3. The number of amides is 1. The van der Waals surface area contributed by atoms with Gasteiger partial charge in [-0.15, -0.1) is 10.2 Å². The van der Waals surface area contributed by atoms with Crippen LogP contribution in [0, 0.1) is 0 Å². The molecule has 0 fully saturated rings. The van der Waals surface area contributed by atoms with E-state index in [9.17, 15) is 4.79 Å². The second-order valence-corrected chi connectivity index (χ2v) is 9.41. The van der Waals surface area contributed by atoms with Crippen molar-refractivity contribution in [2.45, 2.75) is 38.1 Å². The molecule has 1 unspecified atom stereocenters. The quantitative estimate of drug-likeness (QED) is 0.328. The fourth-order valence-corrected chi connectivity index (χ4v) is 4.28. The van der Waals surface area contributed by atoms with Gasteiger partial charge in [0.25, 0.3) is 0 Å². The second kappa shape index (κ2) is 11.1. The van der Waals surface area contributed by atoms with Crippen LogP contribution in [-0.4, -0.2) is 33.5 Å². The van der Waals surface area contributed by atoms with Crippen LogP contribution in [-0.2, 0) is 4.79 Å². The summed E-state index contributed by atoms with van der Waals surface area (Å²) in [6.07, 6.45) is -0.343. The van der Waals surface area contributed by atoms with Crippen molar-refractivity contribution in [3.8, 4) is 11.5 Å². The van der Waals surface area contributed by atoms with Crippen LogP contribution >= 0.6 is 39.3 Å². The molecular weight excluding hydrogens is 516 g/mol. The summed E-state index contributed by atoms with van der Waals surface area (Å²) in [5.74, 6) is 2.11. The maximum atomic E-state index is 12.4. The molecule has 0 bridgehead atoms. The molecule has 0 saturated carbocycles. The third-order valence-electron chi connectivity index (χ3n) is 4.46. The Bertz CT molecular complexity index is 1090. The van der Waals surface area contributed by atoms with E-state index in [1.165, 1.54) is 11.8 Å². The highest BCUT2D eigenvalue weighted by molar-refractivity contribution is 9.10. The van der Waals surface area contributed by atoms with Crippen molar-refractivity contribution < 1.29 is 14.3 Å². The highest BCUT2D eigenvalue weighted by Gasteiger charge is 2.22. The molecule has 1 heterocycles. The van der Waals surface area contributed by atoms with Crippen molar-refractivity contribution >= 4 is 50.9 Å². The van der Waals surface area contributed by atoms with Gasteiger partial charge in [0.1, 0.15) is 11.5 Å².